The number of aliphatic hydroxyl groups excluding tert-OH is 1. The molecule has 3 N–H and O–H groups in total. The van der Waals surface area contributed by atoms with Crippen LogP contribution in [-0.4, -0.2) is 28.8 Å². The zero-order valence-electron chi connectivity index (χ0n) is 25.3. The van der Waals surface area contributed by atoms with Gasteiger partial charge in [0.1, 0.15) is 6.10 Å². The number of unbranched alkanes of at least 4 members (excludes halogenated alkanes) is 18. The predicted molar refractivity (Wildman–Crippen MR) is 164 cm³/mol. The molecule has 0 fully saturated rings. The van der Waals surface area contributed by atoms with Crippen LogP contribution in [0.1, 0.15) is 168 Å². The Balaban J connectivity index is 3.67. The summed E-state index contributed by atoms with van der Waals surface area (Å²) in [5.41, 5.74) is 5.92. The van der Waals surface area contributed by atoms with Crippen LogP contribution >= 0.6 is 0 Å². The number of hydrogen-bond acceptors (Lipinski definition) is 4. The third kappa shape index (κ3) is 23.8. The summed E-state index contributed by atoms with van der Waals surface area (Å²) in [4.78, 5) is 24.6. The van der Waals surface area contributed by atoms with Gasteiger partial charge in [0.25, 0.3) is 0 Å². The van der Waals surface area contributed by atoms with Crippen LogP contribution in [0.5, 0.6) is 0 Å². The molecule has 0 saturated carbocycles. The highest BCUT2D eigenvalue weighted by Gasteiger charge is 2.27. The van der Waals surface area contributed by atoms with Crippen molar-refractivity contribution in [2.75, 3.05) is 0 Å². The first-order valence-electron chi connectivity index (χ1n) is 16.3. The molecule has 0 aliphatic rings. The molecule has 0 aliphatic carbocycles. The first-order valence-corrected chi connectivity index (χ1v) is 16.3. The van der Waals surface area contributed by atoms with Crippen LogP contribution in [0.3, 0.4) is 0 Å². The van der Waals surface area contributed by atoms with Crippen LogP contribution in [0.2, 0.25) is 0 Å². The van der Waals surface area contributed by atoms with Gasteiger partial charge >= 0.3 is 0 Å². The van der Waals surface area contributed by atoms with Crippen molar-refractivity contribution in [3.8, 4) is 0 Å². The zero-order chi connectivity index (χ0) is 28.1. The lowest BCUT2D eigenvalue weighted by Gasteiger charge is -2.16. The van der Waals surface area contributed by atoms with E-state index in [4.69, 9.17) is 5.73 Å². The van der Waals surface area contributed by atoms with E-state index in [0.29, 0.717) is 12.8 Å². The summed E-state index contributed by atoms with van der Waals surface area (Å²) in [5.74, 6) is -0.467. The summed E-state index contributed by atoms with van der Waals surface area (Å²) in [6.07, 6.45) is 34.3. The molecule has 0 aromatic carbocycles. The van der Waals surface area contributed by atoms with Gasteiger partial charge in [0, 0.05) is 12.8 Å². The lowest BCUT2D eigenvalue weighted by atomic mass is 9.96. The first-order chi connectivity index (χ1) is 18.5. The molecule has 0 radical (unpaired) electrons. The van der Waals surface area contributed by atoms with Crippen LogP contribution in [0.4, 0.5) is 0 Å². The van der Waals surface area contributed by atoms with Gasteiger partial charge in [0.15, 0.2) is 11.6 Å². The molecule has 0 bridgehead atoms. The number of carbonyl (C=O) groups is 2. The van der Waals surface area contributed by atoms with Gasteiger partial charge in [-0.2, -0.15) is 0 Å². The molecule has 0 aliphatic heterocycles. The molecular weight excluding hydrogens is 470 g/mol. The Hall–Kier alpha value is -1.26. The second-order valence-electron chi connectivity index (χ2n) is 11.2. The Bertz CT molecular complexity index is 547. The highest BCUT2D eigenvalue weighted by Crippen LogP contribution is 2.13. The van der Waals surface area contributed by atoms with Crippen LogP contribution < -0.4 is 5.73 Å². The molecule has 0 rings (SSSR count). The molecule has 2 atom stereocenters. The average Bonchev–Trinajstić information content (AvgIpc) is 2.92. The van der Waals surface area contributed by atoms with Gasteiger partial charge in [0.2, 0.25) is 0 Å². The number of ketones is 2. The van der Waals surface area contributed by atoms with Gasteiger partial charge in [-0.3, -0.25) is 9.59 Å². The number of nitrogens with two attached hydrogens (primary N) is 1. The second-order valence-corrected chi connectivity index (χ2v) is 11.2. The molecule has 222 valence electrons. The van der Waals surface area contributed by atoms with E-state index in [-0.39, 0.29) is 11.6 Å². The summed E-state index contributed by atoms with van der Waals surface area (Å²) in [5, 5.41) is 10.2. The molecule has 4 heteroatoms. The van der Waals surface area contributed by atoms with Crippen molar-refractivity contribution in [3.63, 3.8) is 0 Å². The normalized spacial score (nSPS) is 13.5. The van der Waals surface area contributed by atoms with Crippen molar-refractivity contribution in [2.24, 2.45) is 5.73 Å². The van der Waals surface area contributed by atoms with Crippen molar-refractivity contribution >= 4 is 11.6 Å². The topological polar surface area (TPSA) is 80.4 Å². The van der Waals surface area contributed by atoms with Gasteiger partial charge < -0.3 is 10.8 Å². The maximum absolute atomic E-state index is 12.3. The highest BCUT2D eigenvalue weighted by atomic mass is 16.3. The van der Waals surface area contributed by atoms with E-state index >= 15 is 0 Å². The molecular formula is C34H63NO3. The Morgan fingerprint density at radius 3 is 1.24 bits per heavy atom. The fourth-order valence-electron chi connectivity index (χ4n) is 4.72. The number of rotatable bonds is 29. The van der Waals surface area contributed by atoms with E-state index in [9.17, 15) is 14.7 Å². The van der Waals surface area contributed by atoms with E-state index < -0.39 is 12.1 Å². The Kier molecular flexibility index (Phi) is 27.8. The van der Waals surface area contributed by atoms with Gasteiger partial charge in [-0.05, 0) is 64.2 Å². The zero-order valence-corrected chi connectivity index (χ0v) is 25.3. The third-order valence-electron chi connectivity index (χ3n) is 7.41. The van der Waals surface area contributed by atoms with Gasteiger partial charge in [-0.15, -0.1) is 0 Å². The van der Waals surface area contributed by atoms with Crippen LogP contribution in [-0.2, 0) is 9.59 Å². The molecule has 0 aromatic heterocycles. The number of aliphatic hydroxyl groups is 1. The minimum Gasteiger partial charge on any atom is -0.383 e. The number of Topliss-reactive ketones (excluding diaryl/α,β-unsaturated/α-hetero) is 2. The van der Waals surface area contributed by atoms with Crippen molar-refractivity contribution in [1.29, 1.82) is 0 Å². The monoisotopic (exact) mass is 533 g/mol. The third-order valence-corrected chi connectivity index (χ3v) is 7.41. The summed E-state index contributed by atoms with van der Waals surface area (Å²) in [6.45, 7) is 4.48. The predicted octanol–water partition coefficient (Wildman–Crippen LogP) is 9.33. The van der Waals surface area contributed by atoms with Crippen LogP contribution in [0, 0.1) is 0 Å². The lowest BCUT2D eigenvalue weighted by molar-refractivity contribution is -0.134. The summed E-state index contributed by atoms with van der Waals surface area (Å²) in [7, 11) is 0. The Morgan fingerprint density at radius 2 is 0.842 bits per heavy atom. The van der Waals surface area contributed by atoms with Crippen molar-refractivity contribution in [2.45, 2.75) is 180 Å². The number of carbonyl (C=O) groups excluding carboxylic acids is 2. The highest BCUT2D eigenvalue weighted by molar-refractivity contribution is 5.93. The molecule has 4 nitrogen and oxygen atoms in total. The van der Waals surface area contributed by atoms with Gasteiger partial charge in [-0.1, -0.05) is 115 Å². The Morgan fingerprint density at radius 1 is 0.526 bits per heavy atom. The lowest BCUT2D eigenvalue weighted by Crippen LogP contribution is -2.46. The largest absolute Gasteiger partial charge is 0.383 e. The fourth-order valence-corrected chi connectivity index (χ4v) is 4.72. The molecule has 0 amide bonds. The maximum atomic E-state index is 12.3. The number of allylic oxidation sites excluding steroid dienone is 4. The standard InChI is InChI=1S/C34H63NO3/c1-3-5-7-9-11-13-15-17-19-21-23-25-27-29-31(36)33(35)34(38)32(37)30-28-26-24-22-20-18-16-14-12-10-8-6-4-2/h13-16,33-34,38H,3-12,17-30,35H2,1-2H3/b15-13-,16-14-. The SMILES string of the molecule is CCCCCC/C=C\CCCCCCCC(=O)C(N)C(O)C(=O)CCCCCCC/C=C\CCCCCC. The van der Waals surface area contributed by atoms with E-state index in [1.165, 1.54) is 89.9 Å². The van der Waals surface area contributed by atoms with Gasteiger partial charge in [-0.25, -0.2) is 0 Å². The average molecular weight is 534 g/mol. The Labute approximate surface area is 236 Å². The quantitative estimate of drug-likeness (QED) is 0.0741. The minimum atomic E-state index is -1.35. The van der Waals surface area contributed by atoms with E-state index in [0.717, 1.165) is 51.4 Å². The van der Waals surface area contributed by atoms with Crippen molar-refractivity contribution in [1.82, 2.24) is 0 Å². The van der Waals surface area contributed by atoms with Gasteiger partial charge in [0.05, 0.1) is 6.04 Å². The summed E-state index contributed by atoms with van der Waals surface area (Å²) in [6, 6.07) is -1.07. The first kappa shape index (κ1) is 36.7. The molecule has 2 unspecified atom stereocenters. The summed E-state index contributed by atoms with van der Waals surface area (Å²) < 4.78 is 0. The van der Waals surface area contributed by atoms with E-state index in [1.54, 1.807) is 0 Å². The van der Waals surface area contributed by atoms with Crippen LogP contribution in [0.15, 0.2) is 24.3 Å². The smallest absolute Gasteiger partial charge is 0.163 e. The number of hydrogen-bond donors (Lipinski definition) is 2. The second kappa shape index (κ2) is 28.7. The van der Waals surface area contributed by atoms with Crippen molar-refractivity contribution < 1.29 is 14.7 Å². The van der Waals surface area contributed by atoms with Crippen molar-refractivity contribution in [3.05, 3.63) is 24.3 Å². The molecule has 0 saturated heterocycles. The summed E-state index contributed by atoms with van der Waals surface area (Å²) >= 11 is 0. The maximum Gasteiger partial charge on any atom is 0.163 e. The minimum absolute atomic E-state index is 0.185. The molecule has 0 heterocycles. The van der Waals surface area contributed by atoms with E-state index in [2.05, 4.69) is 38.2 Å². The molecule has 0 spiro atoms. The molecule has 0 aromatic rings. The van der Waals surface area contributed by atoms with E-state index in [1.807, 2.05) is 0 Å². The van der Waals surface area contributed by atoms with Crippen LogP contribution in [0.25, 0.3) is 0 Å². The fraction of sp³-hybridized carbons (Fsp3) is 0.824. The molecule has 38 heavy (non-hydrogen) atoms.